The van der Waals surface area contributed by atoms with Crippen LogP contribution in [0.25, 0.3) is 0 Å². The van der Waals surface area contributed by atoms with E-state index in [1.165, 1.54) is 13.2 Å². The topological polar surface area (TPSA) is 26.3 Å². The number of methoxy groups -OCH3 is 1. The Morgan fingerprint density at radius 2 is 1.65 bits per heavy atom. The van der Waals surface area contributed by atoms with Crippen molar-refractivity contribution < 1.29 is 22.7 Å². The average Bonchev–Trinajstić information content (AvgIpc) is 2.37. The van der Waals surface area contributed by atoms with Crippen molar-refractivity contribution in [2.75, 3.05) is 7.11 Å². The minimum absolute atomic E-state index is 0.152. The molecule has 2 aromatic rings. The molecule has 0 aliphatic carbocycles. The molecule has 6 heteroatoms. The fourth-order valence-electron chi connectivity index (χ4n) is 1.70. The number of carbonyl (C=O) groups excluding carboxylic acids is 1. The van der Waals surface area contributed by atoms with Crippen LogP contribution in [0.5, 0.6) is 5.75 Å². The first-order valence-corrected chi connectivity index (χ1v) is 6.26. The highest BCUT2D eigenvalue weighted by Crippen LogP contribution is 2.24. The van der Waals surface area contributed by atoms with Crippen LogP contribution in [0.1, 0.15) is 15.9 Å². The second kappa shape index (κ2) is 5.66. The van der Waals surface area contributed by atoms with E-state index in [-0.39, 0.29) is 10.2 Å². The van der Waals surface area contributed by atoms with Crippen molar-refractivity contribution in [2.45, 2.75) is 0 Å². The molecule has 0 aromatic heterocycles. The third kappa shape index (κ3) is 2.70. The highest BCUT2D eigenvalue weighted by Gasteiger charge is 2.22. The fourth-order valence-corrected chi connectivity index (χ4v) is 2.10. The molecular weight excluding hydrogens is 337 g/mol. The molecule has 2 rings (SSSR count). The molecule has 0 radical (unpaired) electrons. The van der Waals surface area contributed by atoms with Crippen LogP contribution >= 0.6 is 15.9 Å². The largest absolute Gasteiger partial charge is 0.497 e. The molecule has 0 saturated heterocycles. The second-order valence-corrected chi connectivity index (χ2v) is 4.84. The summed E-state index contributed by atoms with van der Waals surface area (Å²) in [5.41, 5.74) is -1.22. The maximum Gasteiger partial charge on any atom is 0.201 e. The maximum absolute atomic E-state index is 13.8. The van der Waals surface area contributed by atoms with Crippen LogP contribution in [0.3, 0.4) is 0 Å². The quantitative estimate of drug-likeness (QED) is 0.783. The van der Waals surface area contributed by atoms with Crippen LogP contribution < -0.4 is 4.74 Å². The minimum atomic E-state index is -1.06. The summed E-state index contributed by atoms with van der Waals surface area (Å²) in [5, 5.41) is 0. The third-order valence-electron chi connectivity index (χ3n) is 2.65. The van der Waals surface area contributed by atoms with Gasteiger partial charge >= 0.3 is 0 Å². The van der Waals surface area contributed by atoms with Crippen molar-refractivity contribution >= 4 is 21.7 Å². The Balaban J connectivity index is 2.52. The summed E-state index contributed by atoms with van der Waals surface area (Å²) in [7, 11) is 1.34. The molecule has 0 spiro atoms. The number of benzene rings is 2. The van der Waals surface area contributed by atoms with E-state index >= 15 is 0 Å². The van der Waals surface area contributed by atoms with Gasteiger partial charge in [0.25, 0.3) is 0 Å². The number of hydrogen-bond acceptors (Lipinski definition) is 2. The lowest BCUT2D eigenvalue weighted by atomic mass is 10.0. The number of rotatable bonds is 3. The molecule has 0 heterocycles. The monoisotopic (exact) mass is 344 g/mol. The standard InChI is InChI=1S/C14H8BrF3O2/c1-20-8-2-3-9(10(16)6-8)14(19)13-11(17)4-7(15)5-12(13)18/h2-6H,1H3. The normalized spacial score (nSPS) is 10.4. The van der Waals surface area contributed by atoms with E-state index in [4.69, 9.17) is 4.74 Å². The molecule has 0 bridgehead atoms. The van der Waals surface area contributed by atoms with Crippen LogP contribution in [0, 0.1) is 17.5 Å². The number of carbonyl (C=O) groups is 1. The Morgan fingerprint density at radius 1 is 1.05 bits per heavy atom. The average molecular weight is 345 g/mol. The molecule has 0 unspecified atom stereocenters. The van der Waals surface area contributed by atoms with E-state index in [0.29, 0.717) is 0 Å². The summed E-state index contributed by atoms with van der Waals surface area (Å²) in [6.07, 6.45) is 0. The molecule has 20 heavy (non-hydrogen) atoms. The number of ketones is 1. The van der Waals surface area contributed by atoms with E-state index in [9.17, 15) is 18.0 Å². The van der Waals surface area contributed by atoms with Gasteiger partial charge in [0.1, 0.15) is 23.2 Å². The third-order valence-corrected chi connectivity index (χ3v) is 3.11. The maximum atomic E-state index is 13.8. The lowest BCUT2D eigenvalue weighted by Crippen LogP contribution is -2.09. The lowest BCUT2D eigenvalue weighted by Gasteiger charge is -2.07. The summed E-state index contributed by atoms with van der Waals surface area (Å²) in [4.78, 5) is 12.0. The van der Waals surface area contributed by atoms with Gasteiger partial charge in [-0.3, -0.25) is 4.79 Å². The van der Waals surface area contributed by atoms with Gasteiger partial charge in [-0.1, -0.05) is 15.9 Å². The van der Waals surface area contributed by atoms with Crippen molar-refractivity contribution in [3.05, 3.63) is 63.4 Å². The SMILES string of the molecule is COc1ccc(C(=O)c2c(F)cc(Br)cc2F)c(F)c1. The van der Waals surface area contributed by atoms with Crippen molar-refractivity contribution in [1.82, 2.24) is 0 Å². The van der Waals surface area contributed by atoms with Gasteiger partial charge in [-0.2, -0.15) is 0 Å². The minimum Gasteiger partial charge on any atom is -0.497 e. The molecule has 0 saturated carbocycles. The predicted octanol–water partition coefficient (Wildman–Crippen LogP) is 4.11. The molecular formula is C14H8BrF3O2. The van der Waals surface area contributed by atoms with Crippen LogP contribution in [-0.4, -0.2) is 12.9 Å². The highest BCUT2D eigenvalue weighted by molar-refractivity contribution is 9.10. The van der Waals surface area contributed by atoms with Gasteiger partial charge in [0.2, 0.25) is 5.78 Å². The molecule has 0 N–H and O–H groups in total. The van der Waals surface area contributed by atoms with Gasteiger partial charge in [-0.15, -0.1) is 0 Å². The first-order chi connectivity index (χ1) is 9.43. The van der Waals surface area contributed by atoms with Crippen LogP contribution in [-0.2, 0) is 0 Å². The number of halogens is 4. The van der Waals surface area contributed by atoms with Gasteiger partial charge in [0.05, 0.1) is 18.2 Å². The van der Waals surface area contributed by atoms with Crippen molar-refractivity contribution in [1.29, 1.82) is 0 Å². The van der Waals surface area contributed by atoms with E-state index < -0.39 is 34.4 Å². The van der Waals surface area contributed by atoms with E-state index in [2.05, 4.69) is 15.9 Å². The Bertz CT molecular complexity index is 663. The molecule has 0 aliphatic heterocycles. The van der Waals surface area contributed by atoms with Crippen LogP contribution in [0.15, 0.2) is 34.8 Å². The van der Waals surface area contributed by atoms with Crippen molar-refractivity contribution in [3.8, 4) is 5.75 Å². The van der Waals surface area contributed by atoms with Gasteiger partial charge < -0.3 is 4.74 Å². The highest BCUT2D eigenvalue weighted by atomic mass is 79.9. The van der Waals surface area contributed by atoms with Crippen molar-refractivity contribution in [2.24, 2.45) is 0 Å². The Morgan fingerprint density at radius 3 is 2.15 bits per heavy atom. The summed E-state index contributed by atoms with van der Waals surface area (Å²) in [6.45, 7) is 0. The Hall–Kier alpha value is -1.82. The zero-order valence-corrected chi connectivity index (χ0v) is 11.8. The zero-order chi connectivity index (χ0) is 14.9. The fraction of sp³-hybridized carbons (Fsp3) is 0.0714. The number of ether oxygens (including phenoxy) is 1. The van der Waals surface area contributed by atoms with E-state index in [1.807, 2.05) is 0 Å². The second-order valence-electron chi connectivity index (χ2n) is 3.92. The first-order valence-electron chi connectivity index (χ1n) is 5.47. The first kappa shape index (κ1) is 14.6. The Labute approximate surface area is 121 Å². The zero-order valence-electron chi connectivity index (χ0n) is 10.2. The van der Waals surface area contributed by atoms with Crippen molar-refractivity contribution in [3.63, 3.8) is 0 Å². The van der Waals surface area contributed by atoms with Gasteiger partial charge in [0.15, 0.2) is 0 Å². The van der Waals surface area contributed by atoms with Crippen LogP contribution in [0.4, 0.5) is 13.2 Å². The molecule has 2 nitrogen and oxygen atoms in total. The Kier molecular flexibility index (Phi) is 4.13. The van der Waals surface area contributed by atoms with Crippen LogP contribution in [0.2, 0.25) is 0 Å². The lowest BCUT2D eigenvalue weighted by molar-refractivity contribution is 0.102. The molecule has 104 valence electrons. The molecule has 2 aromatic carbocycles. The van der Waals surface area contributed by atoms with Gasteiger partial charge in [-0.05, 0) is 24.3 Å². The molecule has 0 atom stereocenters. The van der Waals surface area contributed by atoms with E-state index in [1.54, 1.807) is 0 Å². The summed E-state index contributed by atoms with van der Waals surface area (Å²) in [6, 6.07) is 5.32. The van der Waals surface area contributed by atoms with Gasteiger partial charge in [-0.25, -0.2) is 13.2 Å². The predicted molar refractivity (Wildman–Crippen MR) is 70.4 cm³/mol. The summed E-state index contributed by atoms with van der Waals surface area (Å²) in [5.74, 6) is -3.88. The van der Waals surface area contributed by atoms with Gasteiger partial charge in [0, 0.05) is 10.5 Å². The number of hydrogen-bond donors (Lipinski definition) is 0. The smallest absolute Gasteiger partial charge is 0.201 e. The van der Waals surface area contributed by atoms with E-state index in [0.717, 1.165) is 24.3 Å². The molecule has 0 aliphatic rings. The molecule has 0 fully saturated rings. The summed E-state index contributed by atoms with van der Waals surface area (Å²) >= 11 is 2.90. The summed E-state index contributed by atoms with van der Waals surface area (Å²) < 4.78 is 46.1. The molecule has 0 amide bonds.